The highest BCUT2D eigenvalue weighted by molar-refractivity contribution is 5.94. The quantitative estimate of drug-likeness (QED) is 0.930. The van der Waals surface area contributed by atoms with Crippen LogP contribution in [-0.4, -0.2) is 36.5 Å². The maximum atomic E-state index is 13.8. The zero-order valence-corrected chi connectivity index (χ0v) is 12.7. The van der Waals surface area contributed by atoms with E-state index in [9.17, 15) is 13.6 Å². The predicted octanol–water partition coefficient (Wildman–Crippen LogP) is 2.73. The summed E-state index contributed by atoms with van der Waals surface area (Å²) in [5.74, 6) is -1.45. The summed E-state index contributed by atoms with van der Waals surface area (Å²) < 4.78 is 27.1. The van der Waals surface area contributed by atoms with Crippen LogP contribution in [0.25, 0.3) is 0 Å². The Morgan fingerprint density at radius 2 is 2.10 bits per heavy atom. The Balaban J connectivity index is 2.13. The number of halogens is 2. The summed E-state index contributed by atoms with van der Waals surface area (Å²) in [5, 5.41) is 3.40. The van der Waals surface area contributed by atoms with Crippen LogP contribution in [0.3, 0.4) is 0 Å². The van der Waals surface area contributed by atoms with E-state index < -0.39 is 11.6 Å². The van der Waals surface area contributed by atoms with Gasteiger partial charge < -0.3 is 10.2 Å². The van der Waals surface area contributed by atoms with Crippen molar-refractivity contribution in [3.05, 3.63) is 34.9 Å². The number of hydrogen-bond acceptors (Lipinski definition) is 2. The molecule has 1 aliphatic heterocycles. The fourth-order valence-corrected chi connectivity index (χ4v) is 2.89. The minimum atomic E-state index is -0.787. The smallest absolute Gasteiger partial charge is 0.256 e. The van der Waals surface area contributed by atoms with Crippen molar-refractivity contribution in [1.82, 2.24) is 10.2 Å². The Bertz CT molecular complexity index is 533. The summed E-state index contributed by atoms with van der Waals surface area (Å²) in [7, 11) is 0. The Kier molecular flexibility index (Phi) is 4.93. The van der Waals surface area contributed by atoms with Crippen molar-refractivity contribution in [3.8, 4) is 0 Å². The number of rotatable bonds is 3. The fourth-order valence-electron chi connectivity index (χ4n) is 2.89. The fraction of sp³-hybridized carbons (Fsp3) is 0.562. The SMILES string of the molecule is CCNC1CCN(C(=O)c2cc(C)c(F)cc2F)CC1C. The van der Waals surface area contributed by atoms with Crippen molar-refractivity contribution >= 4 is 5.91 Å². The molecule has 116 valence electrons. The van der Waals surface area contributed by atoms with Crippen LogP contribution in [-0.2, 0) is 0 Å². The van der Waals surface area contributed by atoms with Crippen LogP contribution < -0.4 is 5.32 Å². The van der Waals surface area contributed by atoms with Crippen molar-refractivity contribution < 1.29 is 13.6 Å². The van der Waals surface area contributed by atoms with Crippen molar-refractivity contribution in [2.75, 3.05) is 19.6 Å². The molecule has 0 aliphatic carbocycles. The molecule has 1 saturated heterocycles. The highest BCUT2D eigenvalue weighted by atomic mass is 19.1. The Hall–Kier alpha value is -1.49. The average molecular weight is 296 g/mol. The summed E-state index contributed by atoms with van der Waals surface area (Å²) in [6.45, 7) is 7.75. The number of nitrogens with one attached hydrogen (secondary N) is 1. The first-order valence-corrected chi connectivity index (χ1v) is 7.42. The molecule has 2 unspecified atom stereocenters. The molecule has 5 heteroatoms. The molecular formula is C16H22F2N2O. The summed E-state index contributed by atoms with van der Waals surface area (Å²) >= 11 is 0. The number of aryl methyl sites for hydroxylation is 1. The molecule has 1 N–H and O–H groups in total. The third-order valence-corrected chi connectivity index (χ3v) is 4.14. The molecule has 0 bridgehead atoms. The molecule has 1 aromatic rings. The molecule has 1 aliphatic rings. The lowest BCUT2D eigenvalue weighted by molar-refractivity contribution is 0.0641. The van der Waals surface area contributed by atoms with Gasteiger partial charge in [-0.05, 0) is 37.4 Å². The number of carbonyl (C=O) groups excluding carboxylic acids is 1. The lowest BCUT2D eigenvalue weighted by Crippen LogP contribution is -2.50. The van der Waals surface area contributed by atoms with E-state index in [1.165, 1.54) is 13.0 Å². The lowest BCUT2D eigenvalue weighted by Gasteiger charge is -2.37. The molecule has 3 nitrogen and oxygen atoms in total. The van der Waals surface area contributed by atoms with Crippen molar-refractivity contribution in [2.24, 2.45) is 5.92 Å². The number of carbonyl (C=O) groups is 1. The van der Waals surface area contributed by atoms with Crippen LogP contribution in [0.1, 0.15) is 36.2 Å². The molecule has 2 rings (SSSR count). The molecule has 0 saturated carbocycles. The highest BCUT2D eigenvalue weighted by Crippen LogP contribution is 2.21. The first kappa shape index (κ1) is 15.9. The predicted molar refractivity (Wildman–Crippen MR) is 78.2 cm³/mol. The van der Waals surface area contributed by atoms with E-state index in [1.54, 1.807) is 4.90 Å². The van der Waals surface area contributed by atoms with E-state index >= 15 is 0 Å². The van der Waals surface area contributed by atoms with Crippen LogP contribution in [0.15, 0.2) is 12.1 Å². The molecular weight excluding hydrogens is 274 g/mol. The van der Waals surface area contributed by atoms with Crippen molar-refractivity contribution in [2.45, 2.75) is 33.2 Å². The van der Waals surface area contributed by atoms with Crippen LogP contribution in [0, 0.1) is 24.5 Å². The third kappa shape index (κ3) is 3.40. The number of piperidine rings is 1. The standard InChI is InChI=1S/C16H22F2N2O/c1-4-19-15-5-6-20(9-11(15)3)16(21)12-7-10(2)13(17)8-14(12)18/h7-8,11,15,19H,4-6,9H2,1-3H3. The van der Waals surface area contributed by atoms with E-state index in [0.717, 1.165) is 19.0 Å². The molecule has 1 fully saturated rings. The summed E-state index contributed by atoms with van der Waals surface area (Å²) in [6.07, 6.45) is 0.850. The zero-order chi connectivity index (χ0) is 15.6. The maximum absolute atomic E-state index is 13.8. The van der Waals surface area contributed by atoms with Crippen LogP contribution in [0.5, 0.6) is 0 Å². The molecule has 1 aromatic carbocycles. The normalized spacial score (nSPS) is 22.4. The largest absolute Gasteiger partial charge is 0.338 e. The molecule has 21 heavy (non-hydrogen) atoms. The lowest BCUT2D eigenvalue weighted by atomic mass is 9.93. The van der Waals surface area contributed by atoms with Gasteiger partial charge in [0.25, 0.3) is 5.91 Å². The number of amides is 1. The van der Waals surface area contributed by atoms with Gasteiger partial charge in [-0.3, -0.25) is 4.79 Å². The zero-order valence-electron chi connectivity index (χ0n) is 12.7. The Labute approximate surface area is 124 Å². The third-order valence-electron chi connectivity index (χ3n) is 4.14. The van der Waals surface area contributed by atoms with Gasteiger partial charge in [-0.1, -0.05) is 13.8 Å². The van der Waals surface area contributed by atoms with Gasteiger partial charge in [0, 0.05) is 25.2 Å². The first-order valence-electron chi connectivity index (χ1n) is 7.42. The van der Waals surface area contributed by atoms with E-state index in [4.69, 9.17) is 0 Å². The van der Waals surface area contributed by atoms with E-state index in [0.29, 0.717) is 25.0 Å². The molecule has 0 spiro atoms. The Morgan fingerprint density at radius 1 is 1.38 bits per heavy atom. The second kappa shape index (κ2) is 6.52. The van der Waals surface area contributed by atoms with Crippen molar-refractivity contribution in [1.29, 1.82) is 0 Å². The van der Waals surface area contributed by atoms with Gasteiger partial charge in [-0.25, -0.2) is 8.78 Å². The van der Waals surface area contributed by atoms with Gasteiger partial charge in [0.2, 0.25) is 0 Å². The number of likely N-dealkylation sites (tertiary alicyclic amines) is 1. The van der Waals surface area contributed by atoms with Gasteiger partial charge in [-0.2, -0.15) is 0 Å². The summed E-state index contributed by atoms with van der Waals surface area (Å²) in [6, 6.07) is 2.48. The van der Waals surface area contributed by atoms with E-state index in [1.807, 2.05) is 0 Å². The van der Waals surface area contributed by atoms with Gasteiger partial charge >= 0.3 is 0 Å². The molecule has 1 amide bonds. The monoisotopic (exact) mass is 296 g/mol. The second-order valence-corrected chi connectivity index (χ2v) is 5.76. The van der Waals surface area contributed by atoms with Crippen molar-refractivity contribution in [3.63, 3.8) is 0 Å². The minimum Gasteiger partial charge on any atom is -0.338 e. The van der Waals surface area contributed by atoms with Crippen LogP contribution >= 0.6 is 0 Å². The number of benzene rings is 1. The number of hydrogen-bond donors (Lipinski definition) is 1. The molecule has 0 aromatic heterocycles. The molecule has 1 heterocycles. The molecule has 2 atom stereocenters. The second-order valence-electron chi connectivity index (χ2n) is 5.76. The Morgan fingerprint density at radius 3 is 2.71 bits per heavy atom. The average Bonchev–Trinajstić information content (AvgIpc) is 2.44. The summed E-state index contributed by atoms with van der Waals surface area (Å²) in [4.78, 5) is 14.1. The number of nitrogens with zero attached hydrogens (tertiary/aromatic N) is 1. The van der Waals surface area contributed by atoms with Gasteiger partial charge in [0.1, 0.15) is 11.6 Å². The van der Waals surface area contributed by atoms with E-state index in [2.05, 4.69) is 19.2 Å². The summed E-state index contributed by atoms with van der Waals surface area (Å²) in [5.41, 5.74) is 0.248. The van der Waals surface area contributed by atoms with Gasteiger partial charge in [-0.15, -0.1) is 0 Å². The van der Waals surface area contributed by atoms with Crippen LogP contribution in [0.2, 0.25) is 0 Å². The van der Waals surface area contributed by atoms with E-state index in [-0.39, 0.29) is 17.0 Å². The first-order chi connectivity index (χ1) is 9.93. The minimum absolute atomic E-state index is 0.0389. The highest BCUT2D eigenvalue weighted by Gasteiger charge is 2.29. The van der Waals surface area contributed by atoms with Crippen LogP contribution in [0.4, 0.5) is 8.78 Å². The van der Waals surface area contributed by atoms with Gasteiger partial charge in [0.15, 0.2) is 0 Å². The molecule has 0 radical (unpaired) electrons. The van der Waals surface area contributed by atoms with Gasteiger partial charge in [0.05, 0.1) is 5.56 Å². The topological polar surface area (TPSA) is 32.3 Å². The maximum Gasteiger partial charge on any atom is 0.256 e.